The third-order valence-corrected chi connectivity index (χ3v) is 2.95. The zero-order valence-electron chi connectivity index (χ0n) is 9.90. The molecule has 17 heavy (non-hydrogen) atoms. The van der Waals surface area contributed by atoms with E-state index >= 15 is 0 Å². The van der Waals surface area contributed by atoms with E-state index in [9.17, 15) is 0 Å². The Kier molecular flexibility index (Phi) is 3.84. The van der Waals surface area contributed by atoms with Crippen LogP contribution in [-0.4, -0.2) is 26.9 Å². The zero-order chi connectivity index (χ0) is 12.1. The average Bonchev–Trinajstić information content (AvgIpc) is 2.89. The predicted octanol–water partition coefficient (Wildman–Crippen LogP) is 2.02. The van der Waals surface area contributed by atoms with Crippen molar-refractivity contribution >= 4 is 5.69 Å². The van der Waals surface area contributed by atoms with Gasteiger partial charge in [0.05, 0.1) is 25.0 Å². The van der Waals surface area contributed by atoms with Crippen molar-refractivity contribution in [3.63, 3.8) is 0 Å². The van der Waals surface area contributed by atoms with Crippen LogP contribution in [0.5, 0.6) is 5.75 Å². The van der Waals surface area contributed by atoms with Gasteiger partial charge in [-0.1, -0.05) is 0 Å². The van der Waals surface area contributed by atoms with Crippen molar-refractivity contribution in [1.29, 1.82) is 5.26 Å². The maximum atomic E-state index is 9.02. The second kappa shape index (κ2) is 5.55. The summed E-state index contributed by atoms with van der Waals surface area (Å²) in [7, 11) is 1.62. The summed E-state index contributed by atoms with van der Waals surface area (Å²) < 4.78 is 10.5. The quantitative estimate of drug-likeness (QED) is 0.862. The number of ether oxygens (including phenoxy) is 2. The molecule has 1 aliphatic heterocycles. The maximum absolute atomic E-state index is 9.02. The molecule has 0 spiro atoms. The van der Waals surface area contributed by atoms with E-state index in [2.05, 4.69) is 11.4 Å². The Labute approximate surface area is 101 Å². The Balaban J connectivity index is 2.04. The lowest BCUT2D eigenvalue weighted by Gasteiger charge is -2.12. The molecular formula is C13H16N2O2. The van der Waals surface area contributed by atoms with Crippen LogP contribution in [0.2, 0.25) is 0 Å². The van der Waals surface area contributed by atoms with Gasteiger partial charge in [0.2, 0.25) is 0 Å². The van der Waals surface area contributed by atoms with E-state index in [1.807, 2.05) is 6.07 Å². The van der Waals surface area contributed by atoms with E-state index in [4.69, 9.17) is 14.7 Å². The SMILES string of the molecule is COc1ccc(C#N)c(NCC2CCOC2)c1. The number of nitrogens with zero attached hydrogens (tertiary/aromatic N) is 1. The third-order valence-electron chi connectivity index (χ3n) is 2.95. The molecule has 1 saturated heterocycles. The van der Waals surface area contributed by atoms with Crippen molar-refractivity contribution in [2.75, 3.05) is 32.2 Å². The van der Waals surface area contributed by atoms with Gasteiger partial charge in [0.25, 0.3) is 0 Å². The van der Waals surface area contributed by atoms with Crippen LogP contribution in [0.1, 0.15) is 12.0 Å². The van der Waals surface area contributed by atoms with Crippen LogP contribution in [0, 0.1) is 17.2 Å². The molecule has 1 heterocycles. The topological polar surface area (TPSA) is 54.3 Å². The number of methoxy groups -OCH3 is 1. The lowest BCUT2D eigenvalue weighted by molar-refractivity contribution is 0.187. The summed E-state index contributed by atoms with van der Waals surface area (Å²) in [5.74, 6) is 1.29. The first kappa shape index (κ1) is 11.7. The first-order valence-corrected chi connectivity index (χ1v) is 5.73. The highest BCUT2D eigenvalue weighted by molar-refractivity contribution is 5.60. The molecule has 0 aliphatic carbocycles. The van der Waals surface area contributed by atoms with Crippen LogP contribution in [0.4, 0.5) is 5.69 Å². The van der Waals surface area contributed by atoms with Crippen molar-refractivity contribution in [2.24, 2.45) is 5.92 Å². The van der Waals surface area contributed by atoms with E-state index in [0.717, 1.165) is 37.6 Å². The van der Waals surface area contributed by atoms with Crippen molar-refractivity contribution in [3.05, 3.63) is 23.8 Å². The minimum Gasteiger partial charge on any atom is -0.497 e. The molecule has 0 radical (unpaired) electrons. The molecule has 1 N–H and O–H groups in total. The Morgan fingerprint density at radius 1 is 1.59 bits per heavy atom. The first-order chi connectivity index (χ1) is 8.33. The second-order valence-electron chi connectivity index (χ2n) is 4.13. The zero-order valence-corrected chi connectivity index (χ0v) is 9.90. The van der Waals surface area contributed by atoms with E-state index < -0.39 is 0 Å². The normalized spacial score (nSPS) is 18.7. The number of nitriles is 1. The van der Waals surface area contributed by atoms with Gasteiger partial charge in [0.15, 0.2) is 0 Å². The fourth-order valence-electron chi connectivity index (χ4n) is 1.89. The van der Waals surface area contributed by atoms with Crippen LogP contribution < -0.4 is 10.1 Å². The highest BCUT2D eigenvalue weighted by Gasteiger charge is 2.15. The summed E-state index contributed by atoms with van der Waals surface area (Å²) in [6.07, 6.45) is 1.08. The summed E-state index contributed by atoms with van der Waals surface area (Å²) in [4.78, 5) is 0. The monoisotopic (exact) mass is 232 g/mol. The molecule has 0 amide bonds. The maximum Gasteiger partial charge on any atom is 0.121 e. The number of hydrogen-bond donors (Lipinski definition) is 1. The Hall–Kier alpha value is -1.73. The summed E-state index contributed by atoms with van der Waals surface area (Å²) >= 11 is 0. The van der Waals surface area contributed by atoms with Crippen LogP contribution in [0.25, 0.3) is 0 Å². The van der Waals surface area contributed by atoms with Crippen LogP contribution in [-0.2, 0) is 4.74 Å². The molecular weight excluding hydrogens is 216 g/mol. The molecule has 1 aliphatic rings. The molecule has 0 saturated carbocycles. The average molecular weight is 232 g/mol. The minimum absolute atomic E-state index is 0.535. The van der Waals surface area contributed by atoms with Crippen molar-refractivity contribution in [3.8, 4) is 11.8 Å². The van der Waals surface area contributed by atoms with Gasteiger partial charge >= 0.3 is 0 Å². The molecule has 4 nitrogen and oxygen atoms in total. The summed E-state index contributed by atoms with van der Waals surface area (Å²) in [5.41, 5.74) is 1.48. The van der Waals surface area contributed by atoms with Gasteiger partial charge in [-0.25, -0.2) is 0 Å². The van der Waals surface area contributed by atoms with Crippen LogP contribution in [0.3, 0.4) is 0 Å². The van der Waals surface area contributed by atoms with E-state index in [1.54, 1.807) is 19.2 Å². The van der Waals surface area contributed by atoms with Gasteiger partial charge in [-0.05, 0) is 18.6 Å². The Morgan fingerprint density at radius 2 is 2.47 bits per heavy atom. The summed E-state index contributed by atoms with van der Waals surface area (Å²) in [6.45, 7) is 2.48. The van der Waals surface area contributed by atoms with E-state index in [-0.39, 0.29) is 0 Å². The lowest BCUT2D eigenvalue weighted by Crippen LogP contribution is -2.14. The molecule has 4 heteroatoms. The molecule has 1 fully saturated rings. The molecule has 1 atom stereocenters. The van der Waals surface area contributed by atoms with Gasteiger partial charge in [-0.3, -0.25) is 0 Å². The Morgan fingerprint density at radius 3 is 3.12 bits per heavy atom. The third kappa shape index (κ3) is 2.89. The van der Waals surface area contributed by atoms with Gasteiger partial charge in [0.1, 0.15) is 11.8 Å². The number of anilines is 1. The molecule has 0 bridgehead atoms. The number of hydrogen-bond acceptors (Lipinski definition) is 4. The molecule has 2 rings (SSSR count). The number of benzene rings is 1. The molecule has 90 valence electrons. The molecule has 0 aromatic heterocycles. The van der Waals surface area contributed by atoms with Crippen LogP contribution in [0.15, 0.2) is 18.2 Å². The van der Waals surface area contributed by atoms with E-state index in [1.165, 1.54) is 0 Å². The molecule has 1 aromatic rings. The standard InChI is InChI=1S/C13H16N2O2/c1-16-12-3-2-11(7-14)13(6-12)15-8-10-4-5-17-9-10/h2-3,6,10,15H,4-5,8-9H2,1H3. The van der Waals surface area contributed by atoms with E-state index in [0.29, 0.717) is 11.5 Å². The molecule has 1 unspecified atom stereocenters. The van der Waals surface area contributed by atoms with Gasteiger partial charge < -0.3 is 14.8 Å². The van der Waals surface area contributed by atoms with Gasteiger partial charge in [-0.2, -0.15) is 5.26 Å². The van der Waals surface area contributed by atoms with Crippen molar-refractivity contribution in [2.45, 2.75) is 6.42 Å². The first-order valence-electron chi connectivity index (χ1n) is 5.73. The number of rotatable bonds is 4. The molecule has 1 aromatic carbocycles. The van der Waals surface area contributed by atoms with Crippen LogP contribution >= 0.6 is 0 Å². The largest absolute Gasteiger partial charge is 0.497 e. The van der Waals surface area contributed by atoms with Gasteiger partial charge in [0, 0.05) is 25.1 Å². The van der Waals surface area contributed by atoms with Crippen molar-refractivity contribution < 1.29 is 9.47 Å². The highest BCUT2D eigenvalue weighted by Crippen LogP contribution is 2.23. The minimum atomic E-state index is 0.535. The smallest absolute Gasteiger partial charge is 0.121 e. The highest BCUT2D eigenvalue weighted by atomic mass is 16.5. The lowest BCUT2D eigenvalue weighted by atomic mass is 10.1. The van der Waals surface area contributed by atoms with Crippen molar-refractivity contribution in [1.82, 2.24) is 0 Å². The second-order valence-corrected chi connectivity index (χ2v) is 4.13. The summed E-state index contributed by atoms with van der Waals surface area (Å²) in [5, 5.41) is 12.3. The fraction of sp³-hybridized carbons (Fsp3) is 0.462. The number of nitrogens with one attached hydrogen (secondary N) is 1. The Bertz CT molecular complexity index is 420. The van der Waals surface area contributed by atoms with Gasteiger partial charge in [-0.15, -0.1) is 0 Å². The fourth-order valence-corrected chi connectivity index (χ4v) is 1.89. The summed E-state index contributed by atoms with van der Waals surface area (Å²) in [6, 6.07) is 7.59. The predicted molar refractivity (Wildman–Crippen MR) is 65.1 cm³/mol.